The van der Waals surface area contributed by atoms with Crippen LogP contribution >= 0.6 is 0 Å². The van der Waals surface area contributed by atoms with Crippen LogP contribution in [0.5, 0.6) is 0 Å². The highest BCUT2D eigenvalue weighted by atomic mass is 32.2. The van der Waals surface area contributed by atoms with Crippen LogP contribution in [0.1, 0.15) is 11.1 Å². The van der Waals surface area contributed by atoms with Crippen LogP contribution in [-0.4, -0.2) is 36.3 Å². The van der Waals surface area contributed by atoms with Crippen molar-refractivity contribution in [3.63, 3.8) is 0 Å². The van der Waals surface area contributed by atoms with E-state index >= 15 is 0 Å². The molecule has 0 spiro atoms. The SMILES string of the molecule is Cc1cc2nnn(CCOS(C)(=O)=O)c2cc1C. The van der Waals surface area contributed by atoms with Crippen LogP contribution in [0.4, 0.5) is 0 Å². The third kappa shape index (κ3) is 2.85. The molecule has 0 aliphatic carbocycles. The van der Waals surface area contributed by atoms with Gasteiger partial charge in [-0.3, -0.25) is 4.18 Å². The van der Waals surface area contributed by atoms with E-state index < -0.39 is 10.1 Å². The lowest BCUT2D eigenvalue weighted by Gasteiger charge is -2.04. The lowest BCUT2D eigenvalue weighted by molar-refractivity contribution is 0.298. The van der Waals surface area contributed by atoms with Crippen molar-refractivity contribution >= 4 is 21.2 Å². The minimum absolute atomic E-state index is 0.0597. The molecule has 98 valence electrons. The highest BCUT2D eigenvalue weighted by Gasteiger charge is 2.08. The first-order chi connectivity index (χ1) is 8.37. The summed E-state index contributed by atoms with van der Waals surface area (Å²) in [5.41, 5.74) is 3.99. The van der Waals surface area contributed by atoms with Crippen LogP contribution in [0.2, 0.25) is 0 Å². The standard InChI is InChI=1S/C11H15N3O3S/c1-8-6-10-11(7-9(8)2)14(13-12-10)4-5-17-18(3,15)16/h6-7H,4-5H2,1-3H3. The van der Waals surface area contributed by atoms with E-state index in [1.54, 1.807) is 4.68 Å². The van der Waals surface area contributed by atoms with E-state index in [9.17, 15) is 8.42 Å². The number of aromatic nitrogens is 3. The molecule has 0 aliphatic rings. The highest BCUT2D eigenvalue weighted by Crippen LogP contribution is 2.16. The van der Waals surface area contributed by atoms with Gasteiger partial charge in [-0.25, -0.2) is 4.68 Å². The highest BCUT2D eigenvalue weighted by molar-refractivity contribution is 7.85. The van der Waals surface area contributed by atoms with Crippen molar-refractivity contribution < 1.29 is 12.6 Å². The van der Waals surface area contributed by atoms with Crippen molar-refractivity contribution in [3.05, 3.63) is 23.3 Å². The Bertz CT molecular complexity index is 676. The second-order valence-electron chi connectivity index (χ2n) is 4.26. The van der Waals surface area contributed by atoms with Gasteiger partial charge >= 0.3 is 0 Å². The van der Waals surface area contributed by atoms with Crippen molar-refractivity contribution in [1.82, 2.24) is 15.0 Å². The van der Waals surface area contributed by atoms with E-state index in [1.165, 1.54) is 0 Å². The summed E-state index contributed by atoms with van der Waals surface area (Å²) < 4.78 is 28.0. The maximum Gasteiger partial charge on any atom is 0.264 e. The average molecular weight is 269 g/mol. The van der Waals surface area contributed by atoms with E-state index in [2.05, 4.69) is 14.5 Å². The Balaban J connectivity index is 2.22. The van der Waals surface area contributed by atoms with E-state index in [4.69, 9.17) is 0 Å². The number of nitrogens with zero attached hydrogens (tertiary/aromatic N) is 3. The van der Waals surface area contributed by atoms with Crippen LogP contribution in [0.25, 0.3) is 11.0 Å². The van der Waals surface area contributed by atoms with Gasteiger partial charge in [0.05, 0.1) is 24.9 Å². The molecule has 0 saturated heterocycles. The van der Waals surface area contributed by atoms with Gasteiger partial charge in [0.25, 0.3) is 10.1 Å². The van der Waals surface area contributed by atoms with Gasteiger partial charge in [0.15, 0.2) is 0 Å². The molecule has 0 fully saturated rings. The maximum atomic E-state index is 10.9. The van der Waals surface area contributed by atoms with Gasteiger partial charge in [-0.15, -0.1) is 5.10 Å². The van der Waals surface area contributed by atoms with Gasteiger partial charge in [0.1, 0.15) is 5.52 Å². The lowest BCUT2D eigenvalue weighted by atomic mass is 10.1. The number of aryl methyl sites for hydroxylation is 2. The molecule has 2 aromatic rings. The quantitative estimate of drug-likeness (QED) is 0.775. The summed E-state index contributed by atoms with van der Waals surface area (Å²) in [6.45, 7) is 4.44. The Kier molecular flexibility index (Phi) is 3.36. The first-order valence-corrected chi connectivity index (χ1v) is 7.33. The fourth-order valence-electron chi connectivity index (χ4n) is 1.66. The van der Waals surface area contributed by atoms with Crippen LogP contribution in [-0.2, 0) is 20.8 Å². The van der Waals surface area contributed by atoms with Gasteiger partial charge in [-0.1, -0.05) is 5.21 Å². The largest absolute Gasteiger partial charge is 0.268 e. The Hall–Kier alpha value is -1.47. The molecule has 0 N–H and O–H groups in total. The van der Waals surface area contributed by atoms with Crippen molar-refractivity contribution in [3.8, 4) is 0 Å². The molecule has 0 radical (unpaired) electrons. The molecule has 0 aliphatic heterocycles. The van der Waals surface area contributed by atoms with Crippen LogP contribution < -0.4 is 0 Å². The van der Waals surface area contributed by atoms with Crippen LogP contribution in [0.3, 0.4) is 0 Å². The van der Waals surface area contributed by atoms with Crippen molar-refractivity contribution in [2.75, 3.05) is 12.9 Å². The van der Waals surface area contributed by atoms with Gasteiger partial charge in [-0.2, -0.15) is 8.42 Å². The Morgan fingerprint density at radius 2 is 1.94 bits per heavy atom. The zero-order valence-electron chi connectivity index (χ0n) is 10.5. The smallest absolute Gasteiger partial charge is 0.264 e. The molecule has 7 heteroatoms. The molecule has 6 nitrogen and oxygen atoms in total. The summed E-state index contributed by atoms with van der Waals surface area (Å²) in [6, 6.07) is 3.96. The summed E-state index contributed by atoms with van der Waals surface area (Å²) in [5.74, 6) is 0. The molecule has 1 aromatic carbocycles. The molecule has 2 rings (SSSR count). The normalized spacial score (nSPS) is 12.2. The Morgan fingerprint density at radius 1 is 1.28 bits per heavy atom. The first kappa shape index (κ1) is 13.0. The number of hydrogen-bond acceptors (Lipinski definition) is 5. The van der Waals surface area contributed by atoms with Crippen molar-refractivity contribution in [1.29, 1.82) is 0 Å². The summed E-state index contributed by atoms with van der Waals surface area (Å²) in [7, 11) is -3.41. The van der Waals surface area contributed by atoms with Gasteiger partial charge in [-0.05, 0) is 37.1 Å². The zero-order chi connectivity index (χ0) is 13.3. The van der Waals surface area contributed by atoms with E-state index in [-0.39, 0.29) is 6.61 Å². The number of hydrogen-bond donors (Lipinski definition) is 0. The van der Waals surface area contributed by atoms with Crippen LogP contribution in [0.15, 0.2) is 12.1 Å². The fraction of sp³-hybridized carbons (Fsp3) is 0.455. The fourth-order valence-corrected chi connectivity index (χ4v) is 2.04. The molecule has 1 heterocycles. The number of fused-ring (bicyclic) bond motifs is 1. The first-order valence-electron chi connectivity index (χ1n) is 5.52. The molecule has 0 saturated carbocycles. The molecule has 0 unspecified atom stereocenters. The van der Waals surface area contributed by atoms with E-state index in [0.717, 1.165) is 28.4 Å². The van der Waals surface area contributed by atoms with Crippen molar-refractivity contribution in [2.24, 2.45) is 0 Å². The minimum Gasteiger partial charge on any atom is -0.268 e. The van der Waals surface area contributed by atoms with Crippen LogP contribution in [0, 0.1) is 13.8 Å². The molecular formula is C11H15N3O3S. The van der Waals surface area contributed by atoms with Gasteiger partial charge in [0.2, 0.25) is 0 Å². The monoisotopic (exact) mass is 269 g/mol. The van der Waals surface area contributed by atoms with E-state index in [0.29, 0.717) is 6.54 Å². The molecule has 18 heavy (non-hydrogen) atoms. The molecule has 0 bridgehead atoms. The summed E-state index contributed by atoms with van der Waals surface area (Å²) in [6.07, 6.45) is 1.03. The number of rotatable bonds is 4. The van der Waals surface area contributed by atoms with Gasteiger partial charge < -0.3 is 0 Å². The molecule has 0 amide bonds. The zero-order valence-corrected chi connectivity index (χ0v) is 11.4. The summed E-state index contributed by atoms with van der Waals surface area (Å²) in [4.78, 5) is 0. The third-order valence-corrected chi connectivity index (χ3v) is 3.32. The predicted octanol–water partition coefficient (Wildman–Crippen LogP) is 1.02. The van der Waals surface area contributed by atoms with E-state index in [1.807, 2.05) is 26.0 Å². The average Bonchev–Trinajstić information content (AvgIpc) is 2.60. The topological polar surface area (TPSA) is 74.1 Å². The van der Waals surface area contributed by atoms with Crippen molar-refractivity contribution in [2.45, 2.75) is 20.4 Å². The number of benzene rings is 1. The predicted molar refractivity (Wildman–Crippen MR) is 67.8 cm³/mol. The van der Waals surface area contributed by atoms with Gasteiger partial charge in [0, 0.05) is 0 Å². The lowest BCUT2D eigenvalue weighted by Crippen LogP contribution is -2.11. The summed E-state index contributed by atoms with van der Waals surface area (Å²) in [5, 5.41) is 8.03. The Labute approximate surface area is 106 Å². The second-order valence-corrected chi connectivity index (χ2v) is 5.91. The minimum atomic E-state index is -3.41. The molecular weight excluding hydrogens is 254 g/mol. The molecule has 0 atom stereocenters. The maximum absolute atomic E-state index is 10.9. The third-order valence-electron chi connectivity index (χ3n) is 2.73. The Morgan fingerprint density at radius 3 is 2.61 bits per heavy atom. The second kappa shape index (κ2) is 4.66. The molecule has 1 aromatic heterocycles. The summed E-state index contributed by atoms with van der Waals surface area (Å²) >= 11 is 0.